The minimum Gasteiger partial charge on any atom is -0.380 e. The van der Waals surface area contributed by atoms with Crippen molar-refractivity contribution in [2.45, 2.75) is 6.92 Å². The molecular weight excluding hydrogens is 246 g/mol. The predicted octanol–water partition coefficient (Wildman–Crippen LogP) is 1.24. The van der Waals surface area contributed by atoms with Gasteiger partial charge in [-0.3, -0.25) is 10.2 Å². The van der Waals surface area contributed by atoms with Crippen molar-refractivity contribution < 1.29 is 9.32 Å². The van der Waals surface area contributed by atoms with Crippen molar-refractivity contribution in [3.63, 3.8) is 0 Å². The van der Waals surface area contributed by atoms with Crippen molar-refractivity contribution in [1.29, 1.82) is 0 Å². The number of aromatic nitrogens is 1. The van der Waals surface area contributed by atoms with E-state index >= 15 is 0 Å². The minimum atomic E-state index is -0.615. The number of anilines is 2. The summed E-state index contributed by atoms with van der Waals surface area (Å²) >= 11 is 0. The second kappa shape index (κ2) is 5.21. The Morgan fingerprint density at radius 1 is 1.53 bits per heavy atom. The van der Waals surface area contributed by atoms with Crippen molar-refractivity contribution in [2.75, 3.05) is 11.2 Å². The smallest absolute Gasteiger partial charge is 0.269 e. The van der Waals surface area contributed by atoms with Gasteiger partial charge in [0, 0.05) is 0 Å². The number of nitrogens with two attached hydrogens (primary N) is 2. The number of hydrogen-bond donors (Lipinski definition) is 3. The lowest BCUT2D eigenvalue weighted by molar-refractivity contribution is -0.111. The van der Waals surface area contributed by atoms with Crippen LogP contribution in [-0.2, 0) is 4.79 Å². The fourth-order valence-electron chi connectivity index (χ4n) is 1.48. The Morgan fingerprint density at radius 2 is 2.32 bits per heavy atom. The standard InChI is InChI=1S/C12H13N5O2/c1-2-3-9(12(14)18)16-15-7-4-5-10-8(6-7)11(13)17-19-10/h2-6,15H,1H3,(H2,13,17)(H2,14,18)/b3-2+,16-9+. The van der Waals surface area contributed by atoms with E-state index in [0.717, 1.165) is 0 Å². The molecule has 98 valence electrons. The molecule has 0 aliphatic heterocycles. The molecule has 1 aromatic carbocycles. The molecule has 1 heterocycles. The molecule has 0 aliphatic carbocycles. The molecule has 2 rings (SSSR count). The highest BCUT2D eigenvalue weighted by Crippen LogP contribution is 2.23. The molecule has 0 spiro atoms. The van der Waals surface area contributed by atoms with E-state index in [9.17, 15) is 4.79 Å². The molecule has 19 heavy (non-hydrogen) atoms. The summed E-state index contributed by atoms with van der Waals surface area (Å²) in [7, 11) is 0. The van der Waals surface area contributed by atoms with Gasteiger partial charge in [0.1, 0.15) is 5.71 Å². The lowest BCUT2D eigenvalue weighted by Gasteiger charge is -2.01. The van der Waals surface area contributed by atoms with E-state index in [1.165, 1.54) is 6.08 Å². The molecule has 1 amide bonds. The average Bonchev–Trinajstić information content (AvgIpc) is 2.76. The lowest BCUT2D eigenvalue weighted by atomic mass is 10.2. The summed E-state index contributed by atoms with van der Waals surface area (Å²) in [5, 5.41) is 8.23. The SMILES string of the molecule is C/C=C/C(=N\Nc1ccc2onc(N)c2c1)C(N)=O. The number of amides is 1. The molecule has 0 unspecified atom stereocenters. The van der Waals surface area contributed by atoms with Gasteiger partial charge in [-0.15, -0.1) is 0 Å². The monoisotopic (exact) mass is 259 g/mol. The molecular formula is C12H13N5O2. The van der Waals surface area contributed by atoms with Gasteiger partial charge in [0.25, 0.3) is 5.91 Å². The topological polar surface area (TPSA) is 120 Å². The van der Waals surface area contributed by atoms with Crippen LogP contribution in [0.3, 0.4) is 0 Å². The summed E-state index contributed by atoms with van der Waals surface area (Å²) in [5.41, 5.74) is 14.9. The predicted molar refractivity (Wildman–Crippen MR) is 73.5 cm³/mol. The fraction of sp³-hybridized carbons (Fsp3) is 0.0833. The molecule has 0 fully saturated rings. The highest BCUT2D eigenvalue weighted by molar-refractivity contribution is 6.42. The zero-order valence-corrected chi connectivity index (χ0v) is 10.3. The van der Waals surface area contributed by atoms with Gasteiger partial charge >= 0.3 is 0 Å². The number of primary amides is 1. The normalized spacial score (nSPS) is 12.2. The fourth-order valence-corrected chi connectivity index (χ4v) is 1.48. The highest BCUT2D eigenvalue weighted by atomic mass is 16.5. The van der Waals surface area contributed by atoms with E-state index in [-0.39, 0.29) is 5.71 Å². The third-order valence-corrected chi connectivity index (χ3v) is 2.38. The first-order valence-corrected chi connectivity index (χ1v) is 5.53. The van der Waals surface area contributed by atoms with Crippen LogP contribution in [0.15, 0.2) is 40.0 Å². The number of allylic oxidation sites excluding steroid dienone is 1. The largest absolute Gasteiger partial charge is 0.380 e. The Bertz CT molecular complexity index is 672. The minimum absolute atomic E-state index is 0.126. The molecule has 7 heteroatoms. The first kappa shape index (κ1) is 12.6. The molecule has 0 atom stereocenters. The van der Waals surface area contributed by atoms with Gasteiger partial charge in [-0.05, 0) is 31.2 Å². The maximum Gasteiger partial charge on any atom is 0.269 e. The zero-order valence-electron chi connectivity index (χ0n) is 10.3. The maximum absolute atomic E-state index is 11.1. The Hall–Kier alpha value is -2.83. The summed E-state index contributed by atoms with van der Waals surface area (Å²) in [6, 6.07) is 5.15. The molecule has 5 N–H and O–H groups in total. The van der Waals surface area contributed by atoms with Crippen molar-refractivity contribution in [2.24, 2.45) is 10.8 Å². The van der Waals surface area contributed by atoms with Gasteiger partial charge in [-0.1, -0.05) is 11.2 Å². The second-order valence-electron chi connectivity index (χ2n) is 3.75. The first-order chi connectivity index (χ1) is 9.11. The Balaban J connectivity index is 2.27. The summed E-state index contributed by atoms with van der Waals surface area (Å²) in [6.45, 7) is 1.77. The average molecular weight is 259 g/mol. The number of nitrogens with one attached hydrogen (secondary N) is 1. The summed E-state index contributed by atoms with van der Waals surface area (Å²) in [6.07, 6.45) is 3.19. The van der Waals surface area contributed by atoms with Crippen LogP contribution in [0.5, 0.6) is 0 Å². The molecule has 1 aromatic heterocycles. The van der Waals surface area contributed by atoms with Crippen LogP contribution >= 0.6 is 0 Å². The van der Waals surface area contributed by atoms with Crippen molar-refractivity contribution in [3.05, 3.63) is 30.4 Å². The molecule has 0 radical (unpaired) electrons. The third-order valence-electron chi connectivity index (χ3n) is 2.38. The molecule has 0 saturated carbocycles. The molecule has 7 nitrogen and oxygen atoms in total. The number of hydrogen-bond acceptors (Lipinski definition) is 6. The lowest BCUT2D eigenvalue weighted by Crippen LogP contribution is -2.22. The van der Waals surface area contributed by atoms with Gasteiger partial charge in [-0.25, -0.2) is 0 Å². The van der Waals surface area contributed by atoms with Crippen molar-refractivity contribution >= 4 is 34.1 Å². The van der Waals surface area contributed by atoms with E-state index in [4.69, 9.17) is 16.0 Å². The molecule has 0 bridgehead atoms. The quantitative estimate of drug-likeness (QED) is 0.563. The van der Waals surface area contributed by atoms with Crippen LogP contribution < -0.4 is 16.9 Å². The van der Waals surface area contributed by atoms with Crippen LogP contribution in [0.25, 0.3) is 11.0 Å². The first-order valence-electron chi connectivity index (χ1n) is 5.53. The number of carbonyl (C=O) groups is 1. The van der Waals surface area contributed by atoms with E-state index in [1.807, 2.05) is 0 Å². The Labute approximate surface area is 108 Å². The molecule has 0 saturated heterocycles. The number of fused-ring (bicyclic) bond motifs is 1. The van der Waals surface area contributed by atoms with Gasteiger partial charge in [0.15, 0.2) is 11.4 Å². The van der Waals surface area contributed by atoms with Crippen LogP contribution in [0, 0.1) is 0 Å². The number of benzene rings is 1. The maximum atomic E-state index is 11.1. The number of carbonyl (C=O) groups excluding carboxylic acids is 1. The van der Waals surface area contributed by atoms with Gasteiger partial charge in [0.05, 0.1) is 11.1 Å². The van der Waals surface area contributed by atoms with E-state index in [0.29, 0.717) is 22.5 Å². The Kier molecular flexibility index (Phi) is 3.46. The second-order valence-corrected chi connectivity index (χ2v) is 3.75. The number of hydrazone groups is 1. The summed E-state index contributed by atoms with van der Waals surface area (Å²) in [4.78, 5) is 11.1. The van der Waals surface area contributed by atoms with Crippen LogP contribution in [0.2, 0.25) is 0 Å². The van der Waals surface area contributed by atoms with Crippen LogP contribution in [0.4, 0.5) is 11.5 Å². The molecule has 0 aliphatic rings. The van der Waals surface area contributed by atoms with Crippen molar-refractivity contribution in [3.8, 4) is 0 Å². The van der Waals surface area contributed by atoms with E-state index < -0.39 is 5.91 Å². The van der Waals surface area contributed by atoms with E-state index in [1.54, 1.807) is 31.2 Å². The van der Waals surface area contributed by atoms with Crippen LogP contribution in [0.1, 0.15) is 6.92 Å². The molecule has 2 aromatic rings. The van der Waals surface area contributed by atoms with Gasteiger partial charge in [0.2, 0.25) is 0 Å². The van der Waals surface area contributed by atoms with Crippen molar-refractivity contribution in [1.82, 2.24) is 5.16 Å². The summed E-state index contributed by atoms with van der Waals surface area (Å²) < 4.78 is 4.98. The van der Waals surface area contributed by atoms with Gasteiger partial charge in [-0.2, -0.15) is 5.10 Å². The Morgan fingerprint density at radius 3 is 3.00 bits per heavy atom. The third kappa shape index (κ3) is 2.71. The van der Waals surface area contributed by atoms with Crippen LogP contribution in [-0.4, -0.2) is 16.8 Å². The number of nitrogen functional groups attached to an aromatic ring is 1. The number of rotatable bonds is 4. The van der Waals surface area contributed by atoms with E-state index in [2.05, 4.69) is 15.7 Å². The number of nitrogens with zero attached hydrogens (tertiary/aromatic N) is 2. The van der Waals surface area contributed by atoms with Gasteiger partial charge < -0.3 is 16.0 Å². The highest BCUT2D eigenvalue weighted by Gasteiger charge is 2.06. The zero-order chi connectivity index (χ0) is 13.8. The summed E-state index contributed by atoms with van der Waals surface area (Å²) in [5.74, 6) is -0.317.